The molecule has 0 amide bonds. The minimum absolute atomic E-state index is 0. The van der Waals surface area contributed by atoms with E-state index in [0.717, 1.165) is 25.7 Å². The van der Waals surface area contributed by atoms with Crippen LogP contribution >= 0.6 is 0 Å². The van der Waals surface area contributed by atoms with E-state index in [0.29, 0.717) is 26.1 Å². The topological polar surface area (TPSA) is 71.1 Å². The fourth-order valence-corrected chi connectivity index (χ4v) is 2.10. The Labute approximate surface area is 140 Å². The first-order valence-corrected chi connectivity index (χ1v) is 6.86. The third-order valence-electron chi connectivity index (χ3n) is 3.09. The van der Waals surface area contributed by atoms with Crippen molar-refractivity contribution in [3.05, 3.63) is 0 Å². The predicted molar refractivity (Wildman–Crippen MR) is 71.1 cm³/mol. The van der Waals surface area contributed by atoms with Crippen LogP contribution in [-0.4, -0.2) is 67.3 Å². The normalized spacial score (nSPS) is 26.2. The summed E-state index contributed by atoms with van der Waals surface area (Å²) in [5, 5.41) is 0. The van der Waals surface area contributed by atoms with Crippen LogP contribution in [0, 0.1) is 0 Å². The van der Waals surface area contributed by atoms with Crippen molar-refractivity contribution in [3.8, 4) is 0 Å². The van der Waals surface area contributed by atoms with Crippen molar-refractivity contribution >= 4 is 41.5 Å². The van der Waals surface area contributed by atoms with Crippen molar-refractivity contribution in [1.82, 2.24) is 0 Å². The first kappa shape index (κ1) is 17.9. The number of hydrogen-bond acceptors (Lipinski definition) is 6. The van der Waals surface area contributed by atoms with Crippen LogP contribution in [0.2, 0.25) is 0 Å². The van der Waals surface area contributed by atoms with Gasteiger partial charge in [0.05, 0.1) is 13.2 Å². The molecule has 2 aliphatic heterocycles. The number of ether oxygens (including phenoxy) is 4. The fourth-order valence-electron chi connectivity index (χ4n) is 2.10. The molecule has 0 aromatic carbocycles. The molecule has 0 N–H and O–H groups in total. The van der Waals surface area contributed by atoms with Gasteiger partial charge in [0.15, 0.2) is 0 Å². The molecule has 2 rings (SSSR count). The summed E-state index contributed by atoms with van der Waals surface area (Å²) in [5.74, 6) is -1.21. The Bertz CT molecular complexity index is 280. The Hall–Kier alpha value is -0.140. The van der Waals surface area contributed by atoms with Gasteiger partial charge in [-0.05, 0) is 25.7 Å². The second-order valence-electron chi connectivity index (χ2n) is 4.75. The molecule has 110 valence electrons. The van der Waals surface area contributed by atoms with E-state index in [1.54, 1.807) is 0 Å². The van der Waals surface area contributed by atoms with Crippen LogP contribution < -0.4 is 0 Å². The molecule has 2 saturated heterocycles. The summed E-state index contributed by atoms with van der Waals surface area (Å²) < 4.78 is 20.6. The van der Waals surface area contributed by atoms with Gasteiger partial charge in [-0.25, -0.2) is 0 Å². The van der Waals surface area contributed by atoms with Gasteiger partial charge in [0.2, 0.25) is 12.6 Å². The number of hydrogen-bond donors (Lipinski definition) is 0. The van der Waals surface area contributed by atoms with Crippen molar-refractivity contribution in [2.75, 3.05) is 13.2 Å². The van der Waals surface area contributed by atoms with Crippen LogP contribution in [0.25, 0.3) is 0 Å². The molecular formula is C13H21NaO6. The summed E-state index contributed by atoms with van der Waals surface area (Å²) in [6.45, 7) is 1.19. The van der Waals surface area contributed by atoms with Crippen LogP contribution in [0.3, 0.4) is 0 Å². The van der Waals surface area contributed by atoms with Crippen LogP contribution in [-0.2, 0) is 28.5 Å². The molecule has 0 saturated carbocycles. The number of carbonyl (C=O) groups excluding carboxylic acids is 2. The van der Waals surface area contributed by atoms with E-state index in [-0.39, 0.29) is 36.0 Å². The molecule has 0 radical (unpaired) electrons. The molecule has 7 heteroatoms. The molecule has 0 aromatic rings. The fraction of sp³-hybridized carbons (Fsp3) is 0.846. The molecule has 6 nitrogen and oxygen atoms in total. The van der Waals surface area contributed by atoms with Gasteiger partial charge in [0.25, 0.3) is 0 Å². The molecular weight excluding hydrogens is 275 g/mol. The van der Waals surface area contributed by atoms with Gasteiger partial charge in [-0.3, -0.25) is 9.59 Å². The first-order valence-electron chi connectivity index (χ1n) is 6.86. The van der Waals surface area contributed by atoms with Gasteiger partial charge < -0.3 is 18.9 Å². The molecule has 2 heterocycles. The summed E-state index contributed by atoms with van der Waals surface area (Å²) in [4.78, 5) is 23.0. The minimum atomic E-state index is -0.604. The third-order valence-corrected chi connectivity index (χ3v) is 3.09. The molecule has 2 unspecified atom stereocenters. The van der Waals surface area contributed by atoms with Crippen molar-refractivity contribution in [3.63, 3.8) is 0 Å². The number of rotatable bonds is 4. The zero-order valence-corrected chi connectivity index (χ0v) is 11.0. The van der Waals surface area contributed by atoms with Crippen LogP contribution in [0.5, 0.6) is 0 Å². The van der Waals surface area contributed by atoms with E-state index in [9.17, 15) is 9.59 Å². The Morgan fingerprint density at radius 2 is 1.30 bits per heavy atom. The van der Waals surface area contributed by atoms with Gasteiger partial charge in [-0.2, -0.15) is 0 Å². The monoisotopic (exact) mass is 296 g/mol. The summed E-state index contributed by atoms with van der Waals surface area (Å²) in [7, 11) is 0. The van der Waals surface area contributed by atoms with E-state index >= 15 is 0 Å². The maximum atomic E-state index is 11.5. The number of carbonyl (C=O) groups is 2. The van der Waals surface area contributed by atoms with Crippen molar-refractivity contribution in [1.29, 1.82) is 0 Å². The van der Waals surface area contributed by atoms with Gasteiger partial charge in [0.1, 0.15) is 6.42 Å². The average Bonchev–Trinajstić information content (AvgIpc) is 2.40. The summed E-state index contributed by atoms with van der Waals surface area (Å²) in [6, 6.07) is 0. The predicted octanol–water partition coefficient (Wildman–Crippen LogP) is 0.868. The standard InChI is InChI=1S/C13H20O6.Na.H/c14-10(18-12-5-1-3-7-16-12)9-11(15)19-13-6-2-4-8-17-13;;/h12-13H,1-9H2;;. The quantitative estimate of drug-likeness (QED) is 0.435. The second-order valence-corrected chi connectivity index (χ2v) is 4.75. The Morgan fingerprint density at radius 3 is 1.65 bits per heavy atom. The van der Waals surface area contributed by atoms with Gasteiger partial charge >= 0.3 is 41.5 Å². The Kier molecular flexibility index (Phi) is 8.72. The molecule has 2 fully saturated rings. The molecule has 2 aliphatic rings. The van der Waals surface area contributed by atoms with E-state index in [1.807, 2.05) is 0 Å². The van der Waals surface area contributed by atoms with Crippen molar-refractivity contribution in [2.24, 2.45) is 0 Å². The maximum absolute atomic E-state index is 11.5. The first-order chi connectivity index (χ1) is 9.24. The van der Waals surface area contributed by atoms with E-state index < -0.39 is 24.5 Å². The van der Waals surface area contributed by atoms with E-state index in [1.165, 1.54) is 0 Å². The van der Waals surface area contributed by atoms with Crippen LogP contribution in [0.15, 0.2) is 0 Å². The van der Waals surface area contributed by atoms with Crippen LogP contribution in [0.1, 0.15) is 44.9 Å². The van der Waals surface area contributed by atoms with E-state index in [2.05, 4.69) is 0 Å². The molecule has 2 atom stereocenters. The molecule has 0 aromatic heterocycles. The molecule has 0 bridgehead atoms. The average molecular weight is 296 g/mol. The van der Waals surface area contributed by atoms with Gasteiger partial charge in [0, 0.05) is 12.8 Å². The Morgan fingerprint density at radius 1 is 0.850 bits per heavy atom. The summed E-state index contributed by atoms with van der Waals surface area (Å²) in [5.41, 5.74) is 0. The zero-order valence-electron chi connectivity index (χ0n) is 11.0. The van der Waals surface area contributed by atoms with Gasteiger partial charge in [-0.1, -0.05) is 0 Å². The molecule has 0 spiro atoms. The molecule has 0 aliphatic carbocycles. The van der Waals surface area contributed by atoms with Crippen molar-refractivity contribution < 1.29 is 28.5 Å². The van der Waals surface area contributed by atoms with Crippen LogP contribution in [0.4, 0.5) is 0 Å². The van der Waals surface area contributed by atoms with E-state index in [4.69, 9.17) is 18.9 Å². The SMILES string of the molecule is O=C(CC(=O)OC1CCCCO1)OC1CCCCO1.[NaH]. The summed E-state index contributed by atoms with van der Waals surface area (Å²) >= 11 is 0. The second kappa shape index (κ2) is 9.73. The van der Waals surface area contributed by atoms with Gasteiger partial charge in [-0.15, -0.1) is 0 Å². The zero-order chi connectivity index (χ0) is 13.5. The Balaban J connectivity index is 0.00000200. The van der Waals surface area contributed by atoms with Crippen molar-refractivity contribution in [2.45, 2.75) is 57.5 Å². The number of esters is 2. The molecule has 20 heavy (non-hydrogen) atoms. The third kappa shape index (κ3) is 6.54. The summed E-state index contributed by atoms with van der Waals surface area (Å²) in [6.07, 6.45) is 3.86.